The van der Waals surface area contributed by atoms with Crippen molar-refractivity contribution in [1.82, 2.24) is 10.2 Å². The van der Waals surface area contributed by atoms with Gasteiger partial charge in [0, 0.05) is 31.2 Å². The summed E-state index contributed by atoms with van der Waals surface area (Å²) < 4.78 is 0. The molecule has 0 aromatic heterocycles. The van der Waals surface area contributed by atoms with Gasteiger partial charge in [0.2, 0.25) is 0 Å². The van der Waals surface area contributed by atoms with Gasteiger partial charge in [0.05, 0.1) is 0 Å². The largest absolute Gasteiger partial charge is 0.313 e. The highest BCUT2D eigenvalue weighted by molar-refractivity contribution is 4.96. The fourth-order valence-electron chi connectivity index (χ4n) is 3.46. The lowest BCUT2D eigenvalue weighted by atomic mass is 9.99. The molecule has 2 rings (SSSR count). The first-order valence-corrected chi connectivity index (χ1v) is 7.07. The first-order valence-electron chi connectivity index (χ1n) is 7.07. The van der Waals surface area contributed by atoms with E-state index < -0.39 is 0 Å². The number of fused-ring (bicyclic) bond motifs is 2. The summed E-state index contributed by atoms with van der Waals surface area (Å²) in [6.07, 6.45) is 4.42. The molecule has 1 heterocycles. The predicted molar refractivity (Wildman–Crippen MR) is 69.6 cm³/mol. The van der Waals surface area contributed by atoms with Crippen molar-refractivity contribution < 1.29 is 0 Å². The van der Waals surface area contributed by atoms with E-state index in [1.165, 1.54) is 32.4 Å². The molecule has 1 saturated heterocycles. The minimum atomic E-state index is 0.612. The Morgan fingerprint density at radius 3 is 2.38 bits per heavy atom. The van der Waals surface area contributed by atoms with Crippen molar-refractivity contribution in [3.8, 4) is 0 Å². The Morgan fingerprint density at radius 1 is 1.19 bits per heavy atom. The monoisotopic (exact) mass is 224 g/mol. The van der Waals surface area contributed by atoms with E-state index in [0.29, 0.717) is 6.04 Å². The Morgan fingerprint density at radius 2 is 1.94 bits per heavy atom. The zero-order valence-corrected chi connectivity index (χ0v) is 11.4. The molecule has 2 fully saturated rings. The molecule has 1 N–H and O–H groups in total. The van der Waals surface area contributed by atoms with Gasteiger partial charge in [-0.25, -0.2) is 0 Å². The van der Waals surface area contributed by atoms with Crippen molar-refractivity contribution in [2.24, 2.45) is 11.8 Å². The zero-order valence-electron chi connectivity index (χ0n) is 11.4. The molecular weight excluding hydrogens is 196 g/mol. The lowest BCUT2D eigenvalue weighted by molar-refractivity contribution is 0.112. The molecule has 0 radical (unpaired) electrons. The van der Waals surface area contributed by atoms with Gasteiger partial charge in [0.15, 0.2) is 0 Å². The molecule has 2 heteroatoms. The summed E-state index contributed by atoms with van der Waals surface area (Å²) in [6, 6.07) is 2.27. The second-order valence-corrected chi connectivity index (χ2v) is 6.40. The molecule has 94 valence electrons. The van der Waals surface area contributed by atoms with Crippen LogP contribution >= 0.6 is 0 Å². The number of nitrogens with one attached hydrogen (secondary N) is 1. The van der Waals surface area contributed by atoms with Gasteiger partial charge < -0.3 is 5.32 Å². The fraction of sp³-hybridized carbons (Fsp3) is 1.00. The summed E-state index contributed by atoms with van der Waals surface area (Å²) in [6.45, 7) is 11.8. The number of piperidine rings is 1. The Bertz CT molecular complexity index is 225. The summed E-state index contributed by atoms with van der Waals surface area (Å²) in [5.74, 6) is 1.79. The SMILES string of the molecule is CC(C)NCC(C(C)C)N1CC2CCC1C2. The van der Waals surface area contributed by atoms with Gasteiger partial charge in [0.25, 0.3) is 0 Å². The lowest BCUT2D eigenvalue weighted by Crippen LogP contribution is -2.50. The minimum Gasteiger partial charge on any atom is -0.313 e. The van der Waals surface area contributed by atoms with Gasteiger partial charge in [-0.3, -0.25) is 4.90 Å². The van der Waals surface area contributed by atoms with Crippen LogP contribution in [-0.4, -0.2) is 36.1 Å². The summed E-state index contributed by atoms with van der Waals surface area (Å²) in [5.41, 5.74) is 0. The van der Waals surface area contributed by atoms with Crippen LogP contribution in [0.15, 0.2) is 0 Å². The Kier molecular flexibility index (Phi) is 3.91. The van der Waals surface area contributed by atoms with Crippen LogP contribution in [0.25, 0.3) is 0 Å². The van der Waals surface area contributed by atoms with Crippen molar-refractivity contribution in [1.29, 1.82) is 0 Å². The van der Waals surface area contributed by atoms with Crippen LogP contribution in [0, 0.1) is 11.8 Å². The molecule has 0 amide bonds. The molecule has 2 aliphatic rings. The van der Waals surface area contributed by atoms with Crippen molar-refractivity contribution >= 4 is 0 Å². The van der Waals surface area contributed by atoms with Gasteiger partial charge in [-0.15, -0.1) is 0 Å². The first kappa shape index (κ1) is 12.4. The lowest BCUT2D eigenvalue weighted by Gasteiger charge is -2.38. The molecule has 2 nitrogen and oxygen atoms in total. The highest BCUT2D eigenvalue weighted by Gasteiger charge is 2.41. The Hall–Kier alpha value is -0.0800. The Balaban J connectivity index is 1.91. The van der Waals surface area contributed by atoms with Gasteiger partial charge in [-0.05, 0) is 31.1 Å². The summed E-state index contributed by atoms with van der Waals surface area (Å²) in [5, 5.41) is 3.62. The van der Waals surface area contributed by atoms with E-state index in [1.54, 1.807) is 0 Å². The van der Waals surface area contributed by atoms with Crippen LogP contribution in [0.5, 0.6) is 0 Å². The van der Waals surface area contributed by atoms with Crippen LogP contribution in [0.3, 0.4) is 0 Å². The maximum Gasteiger partial charge on any atom is 0.0246 e. The first-order chi connectivity index (χ1) is 7.58. The molecule has 3 atom stereocenters. The third-order valence-electron chi connectivity index (χ3n) is 4.38. The molecule has 1 aliphatic carbocycles. The van der Waals surface area contributed by atoms with E-state index in [1.807, 2.05) is 0 Å². The summed E-state index contributed by atoms with van der Waals surface area (Å²) >= 11 is 0. The average molecular weight is 224 g/mol. The number of hydrogen-bond donors (Lipinski definition) is 1. The average Bonchev–Trinajstić information content (AvgIpc) is 2.78. The second-order valence-electron chi connectivity index (χ2n) is 6.40. The van der Waals surface area contributed by atoms with Gasteiger partial charge in [-0.1, -0.05) is 27.7 Å². The molecule has 0 aromatic carbocycles. The highest BCUT2D eigenvalue weighted by Crippen LogP contribution is 2.39. The van der Waals surface area contributed by atoms with E-state index in [-0.39, 0.29) is 0 Å². The van der Waals surface area contributed by atoms with Crippen LogP contribution in [0.4, 0.5) is 0 Å². The van der Waals surface area contributed by atoms with Gasteiger partial charge >= 0.3 is 0 Å². The van der Waals surface area contributed by atoms with Crippen LogP contribution in [-0.2, 0) is 0 Å². The quantitative estimate of drug-likeness (QED) is 0.772. The topological polar surface area (TPSA) is 15.3 Å². The number of hydrogen-bond acceptors (Lipinski definition) is 2. The van der Waals surface area contributed by atoms with Crippen LogP contribution in [0.1, 0.15) is 47.0 Å². The van der Waals surface area contributed by atoms with Crippen molar-refractivity contribution in [2.45, 2.75) is 65.1 Å². The smallest absolute Gasteiger partial charge is 0.0246 e. The van der Waals surface area contributed by atoms with E-state index in [4.69, 9.17) is 0 Å². The summed E-state index contributed by atoms with van der Waals surface area (Å²) in [4.78, 5) is 2.80. The van der Waals surface area contributed by atoms with Crippen molar-refractivity contribution in [3.63, 3.8) is 0 Å². The third-order valence-corrected chi connectivity index (χ3v) is 4.38. The molecule has 16 heavy (non-hydrogen) atoms. The number of nitrogens with zero attached hydrogens (tertiary/aromatic N) is 1. The zero-order chi connectivity index (χ0) is 11.7. The normalized spacial score (nSPS) is 31.9. The standard InChI is InChI=1S/C14H28N2/c1-10(2)14(8-15-11(3)4)16-9-12-5-6-13(16)7-12/h10-15H,5-9H2,1-4H3. The van der Waals surface area contributed by atoms with Crippen molar-refractivity contribution in [2.75, 3.05) is 13.1 Å². The van der Waals surface area contributed by atoms with Crippen LogP contribution in [0.2, 0.25) is 0 Å². The maximum absolute atomic E-state index is 3.62. The molecule has 0 aromatic rings. The third kappa shape index (κ3) is 2.60. The van der Waals surface area contributed by atoms with Crippen molar-refractivity contribution in [3.05, 3.63) is 0 Å². The van der Waals surface area contributed by atoms with Gasteiger partial charge in [0.1, 0.15) is 0 Å². The maximum atomic E-state index is 3.62. The molecule has 1 saturated carbocycles. The molecule has 1 aliphatic heterocycles. The van der Waals surface area contributed by atoms with Crippen LogP contribution < -0.4 is 5.32 Å². The fourth-order valence-corrected chi connectivity index (χ4v) is 3.46. The summed E-state index contributed by atoms with van der Waals surface area (Å²) in [7, 11) is 0. The number of rotatable bonds is 5. The molecular formula is C14H28N2. The second kappa shape index (κ2) is 5.05. The van der Waals surface area contributed by atoms with E-state index in [9.17, 15) is 0 Å². The van der Waals surface area contributed by atoms with E-state index in [2.05, 4.69) is 37.9 Å². The molecule has 3 unspecified atom stereocenters. The van der Waals surface area contributed by atoms with E-state index in [0.717, 1.165) is 23.9 Å². The Labute approximate surface area is 101 Å². The van der Waals surface area contributed by atoms with E-state index >= 15 is 0 Å². The molecule has 0 spiro atoms. The number of likely N-dealkylation sites (tertiary alicyclic amines) is 1. The highest BCUT2D eigenvalue weighted by atomic mass is 15.2. The minimum absolute atomic E-state index is 0.612. The predicted octanol–water partition coefficient (Wildman–Crippen LogP) is 2.49. The van der Waals surface area contributed by atoms with Gasteiger partial charge in [-0.2, -0.15) is 0 Å². The molecule has 2 bridgehead atoms.